The van der Waals surface area contributed by atoms with Gasteiger partial charge in [-0.05, 0) is 62.9 Å². The van der Waals surface area contributed by atoms with Crippen LogP contribution < -0.4 is 5.32 Å². The molecule has 0 saturated heterocycles. The van der Waals surface area contributed by atoms with Crippen LogP contribution in [-0.2, 0) is 0 Å². The summed E-state index contributed by atoms with van der Waals surface area (Å²) in [5.41, 5.74) is 1.59. The standard InChI is InChI=1S/C17H20ClNOS/c18-16-9-8-15(21-16)17(14-7-4-12-20-14)19-11-10-13-5-2-1-3-6-13/h4-5,7-9,12,17,19H,1-3,6,10-11H2. The van der Waals surface area contributed by atoms with Gasteiger partial charge in [-0.15, -0.1) is 11.3 Å². The van der Waals surface area contributed by atoms with Gasteiger partial charge in [-0.3, -0.25) is 0 Å². The van der Waals surface area contributed by atoms with Gasteiger partial charge in [0.05, 0.1) is 10.6 Å². The fourth-order valence-electron chi connectivity index (χ4n) is 2.79. The molecule has 3 rings (SSSR count). The summed E-state index contributed by atoms with van der Waals surface area (Å²) in [6, 6.07) is 8.07. The van der Waals surface area contributed by atoms with Crippen molar-refractivity contribution < 1.29 is 4.42 Å². The first-order valence-electron chi connectivity index (χ1n) is 7.53. The van der Waals surface area contributed by atoms with Crippen molar-refractivity contribution in [3.63, 3.8) is 0 Å². The van der Waals surface area contributed by atoms with Gasteiger partial charge in [-0.1, -0.05) is 23.3 Å². The predicted molar refractivity (Wildman–Crippen MR) is 89.1 cm³/mol. The van der Waals surface area contributed by atoms with Crippen molar-refractivity contribution >= 4 is 22.9 Å². The molecule has 1 unspecified atom stereocenters. The maximum Gasteiger partial charge on any atom is 0.126 e. The molecule has 0 aliphatic heterocycles. The molecular weight excluding hydrogens is 302 g/mol. The van der Waals surface area contributed by atoms with Crippen molar-refractivity contribution in [1.82, 2.24) is 5.32 Å². The number of allylic oxidation sites excluding steroid dienone is 1. The molecule has 2 aromatic heterocycles. The van der Waals surface area contributed by atoms with Gasteiger partial charge in [0, 0.05) is 4.88 Å². The second-order valence-corrected chi connectivity index (χ2v) is 7.15. The molecule has 1 atom stereocenters. The SMILES string of the molecule is Clc1ccc(C(NCCC2=CCCCC2)c2ccco2)s1. The summed E-state index contributed by atoms with van der Waals surface area (Å²) in [7, 11) is 0. The van der Waals surface area contributed by atoms with Crippen LogP contribution in [0.25, 0.3) is 0 Å². The van der Waals surface area contributed by atoms with E-state index >= 15 is 0 Å². The van der Waals surface area contributed by atoms with Crippen molar-refractivity contribution in [2.75, 3.05) is 6.54 Å². The fraction of sp³-hybridized carbons (Fsp3) is 0.412. The lowest BCUT2D eigenvalue weighted by atomic mass is 9.97. The van der Waals surface area contributed by atoms with Gasteiger partial charge in [0.25, 0.3) is 0 Å². The van der Waals surface area contributed by atoms with Gasteiger partial charge in [-0.2, -0.15) is 0 Å². The van der Waals surface area contributed by atoms with Crippen LogP contribution in [-0.4, -0.2) is 6.54 Å². The first-order valence-corrected chi connectivity index (χ1v) is 8.72. The highest BCUT2D eigenvalue weighted by molar-refractivity contribution is 7.16. The van der Waals surface area contributed by atoms with Gasteiger partial charge < -0.3 is 9.73 Å². The van der Waals surface area contributed by atoms with Crippen LogP contribution >= 0.6 is 22.9 Å². The molecule has 1 aliphatic carbocycles. The summed E-state index contributed by atoms with van der Waals surface area (Å²) >= 11 is 7.68. The molecule has 4 heteroatoms. The monoisotopic (exact) mass is 321 g/mol. The quantitative estimate of drug-likeness (QED) is 0.704. The van der Waals surface area contributed by atoms with Crippen molar-refractivity contribution in [2.45, 2.75) is 38.1 Å². The minimum Gasteiger partial charge on any atom is -0.467 e. The average Bonchev–Trinajstić information content (AvgIpc) is 3.16. The molecule has 1 N–H and O–H groups in total. The number of hydrogen-bond donors (Lipinski definition) is 1. The van der Waals surface area contributed by atoms with Crippen LogP contribution in [0, 0.1) is 0 Å². The Bertz CT molecular complexity index is 588. The number of nitrogens with one attached hydrogen (secondary N) is 1. The summed E-state index contributed by atoms with van der Waals surface area (Å²) in [5.74, 6) is 0.950. The maximum atomic E-state index is 6.07. The Morgan fingerprint density at radius 2 is 2.24 bits per heavy atom. The first-order chi connectivity index (χ1) is 10.3. The maximum absolute atomic E-state index is 6.07. The molecule has 2 heterocycles. The van der Waals surface area contributed by atoms with Gasteiger partial charge >= 0.3 is 0 Å². The molecular formula is C17H20ClNOS. The minimum absolute atomic E-state index is 0.0988. The van der Waals surface area contributed by atoms with Gasteiger partial charge in [-0.25, -0.2) is 0 Å². The van der Waals surface area contributed by atoms with Crippen LogP contribution in [0.15, 0.2) is 46.6 Å². The second-order valence-electron chi connectivity index (χ2n) is 5.40. The number of hydrogen-bond acceptors (Lipinski definition) is 3. The molecule has 21 heavy (non-hydrogen) atoms. The zero-order valence-corrected chi connectivity index (χ0v) is 13.6. The Balaban J connectivity index is 1.64. The lowest BCUT2D eigenvalue weighted by Gasteiger charge is -2.17. The molecule has 0 spiro atoms. The van der Waals surface area contributed by atoms with Gasteiger partial charge in [0.15, 0.2) is 0 Å². The van der Waals surface area contributed by atoms with Crippen molar-refractivity contribution in [1.29, 1.82) is 0 Å². The molecule has 2 nitrogen and oxygen atoms in total. The van der Waals surface area contributed by atoms with E-state index in [1.807, 2.05) is 18.2 Å². The number of thiophene rings is 1. The lowest BCUT2D eigenvalue weighted by Crippen LogP contribution is -2.22. The molecule has 112 valence electrons. The third kappa shape index (κ3) is 4.00. The Morgan fingerprint density at radius 3 is 2.90 bits per heavy atom. The minimum atomic E-state index is 0.0988. The van der Waals surface area contributed by atoms with E-state index in [0.29, 0.717) is 0 Å². The Kier molecular flexibility index (Phi) is 5.17. The summed E-state index contributed by atoms with van der Waals surface area (Å²) in [4.78, 5) is 1.20. The van der Waals surface area contributed by atoms with E-state index in [2.05, 4.69) is 17.5 Å². The van der Waals surface area contributed by atoms with Crippen molar-refractivity contribution in [3.8, 4) is 0 Å². The largest absolute Gasteiger partial charge is 0.467 e. The highest BCUT2D eigenvalue weighted by atomic mass is 35.5. The molecule has 1 aliphatic rings. The zero-order valence-electron chi connectivity index (χ0n) is 12.0. The van der Waals surface area contributed by atoms with Crippen LogP contribution in [0.1, 0.15) is 48.8 Å². The molecule has 2 aromatic rings. The van der Waals surface area contributed by atoms with Crippen LogP contribution in [0.2, 0.25) is 4.34 Å². The van der Waals surface area contributed by atoms with Crippen LogP contribution in [0.5, 0.6) is 0 Å². The third-order valence-corrected chi connectivity index (χ3v) is 5.18. The topological polar surface area (TPSA) is 25.2 Å². The number of halogens is 1. The Morgan fingerprint density at radius 1 is 1.29 bits per heavy atom. The Labute approximate surface area is 134 Å². The second kappa shape index (κ2) is 7.30. The normalized spacial score (nSPS) is 16.7. The van der Waals surface area contributed by atoms with E-state index in [-0.39, 0.29) is 6.04 Å². The zero-order chi connectivity index (χ0) is 14.5. The van der Waals surface area contributed by atoms with E-state index < -0.39 is 0 Å². The number of rotatable bonds is 6. The fourth-order valence-corrected chi connectivity index (χ4v) is 3.93. The number of furan rings is 1. The lowest BCUT2D eigenvalue weighted by molar-refractivity contribution is 0.449. The molecule has 0 saturated carbocycles. The summed E-state index contributed by atoms with van der Waals surface area (Å²) in [6.07, 6.45) is 10.5. The molecule has 0 bridgehead atoms. The highest BCUT2D eigenvalue weighted by Crippen LogP contribution is 2.31. The van der Waals surface area contributed by atoms with Crippen molar-refractivity contribution in [3.05, 3.63) is 57.2 Å². The van der Waals surface area contributed by atoms with E-state index in [4.69, 9.17) is 16.0 Å². The smallest absolute Gasteiger partial charge is 0.126 e. The van der Waals surface area contributed by atoms with E-state index in [0.717, 1.165) is 23.1 Å². The Hall–Kier alpha value is -1.03. The highest BCUT2D eigenvalue weighted by Gasteiger charge is 2.18. The predicted octanol–water partition coefficient (Wildman–Crippen LogP) is 5.56. The van der Waals surface area contributed by atoms with Crippen molar-refractivity contribution in [2.24, 2.45) is 0 Å². The van der Waals surface area contributed by atoms with E-state index in [1.54, 1.807) is 23.2 Å². The molecule has 0 fully saturated rings. The van der Waals surface area contributed by atoms with E-state index in [1.165, 1.54) is 30.6 Å². The van der Waals surface area contributed by atoms with E-state index in [9.17, 15) is 0 Å². The van der Waals surface area contributed by atoms with Crippen LogP contribution in [0.3, 0.4) is 0 Å². The summed E-state index contributed by atoms with van der Waals surface area (Å²) < 4.78 is 6.41. The molecule has 0 radical (unpaired) electrons. The van der Waals surface area contributed by atoms with Gasteiger partial charge in [0.2, 0.25) is 0 Å². The summed E-state index contributed by atoms with van der Waals surface area (Å²) in [5, 5.41) is 3.62. The van der Waals surface area contributed by atoms with Gasteiger partial charge in [0.1, 0.15) is 11.8 Å². The first kappa shape index (κ1) is 14.9. The summed E-state index contributed by atoms with van der Waals surface area (Å²) in [6.45, 7) is 0.965. The molecule has 0 aromatic carbocycles. The molecule has 0 amide bonds. The van der Waals surface area contributed by atoms with Crippen LogP contribution in [0.4, 0.5) is 0 Å². The average molecular weight is 322 g/mol. The third-order valence-electron chi connectivity index (χ3n) is 3.89.